The van der Waals surface area contributed by atoms with Crippen molar-refractivity contribution < 1.29 is 37.1 Å². The number of carboxylic acids is 1. The lowest BCUT2D eigenvalue weighted by molar-refractivity contribution is -0.137. The predicted molar refractivity (Wildman–Crippen MR) is 142 cm³/mol. The van der Waals surface area contributed by atoms with E-state index in [1.165, 1.54) is 30.3 Å². The molecule has 6 nitrogen and oxygen atoms in total. The van der Waals surface area contributed by atoms with E-state index in [4.69, 9.17) is 14.0 Å². The standard InChI is InChI=1S/C30H28F3NO5/c1-2-3-8-28-25(23-7-4-5-9-27(23)39-28)19-34-38-17-6-16-37-26-15-12-21(29(35)36)18-24(26)20-10-13-22(14-11-20)30(31,32)33/h4-5,7,9-15,18-19H,2-3,6,8,16-17H2,1H3,(H,35,36)/b34-19+. The van der Waals surface area contributed by atoms with Crippen molar-refractivity contribution in [1.29, 1.82) is 0 Å². The molecule has 0 unspecified atom stereocenters. The van der Waals surface area contributed by atoms with Gasteiger partial charge in [0.05, 0.1) is 23.9 Å². The Balaban J connectivity index is 1.38. The number of para-hydroxylation sites is 1. The Morgan fingerprint density at radius 1 is 1.03 bits per heavy atom. The van der Waals surface area contributed by atoms with Gasteiger partial charge in [-0.15, -0.1) is 0 Å². The number of carbonyl (C=O) groups is 1. The molecule has 1 heterocycles. The Morgan fingerprint density at radius 2 is 1.79 bits per heavy atom. The number of nitrogens with zero attached hydrogens (tertiary/aromatic N) is 1. The average Bonchev–Trinajstić information content (AvgIpc) is 3.28. The minimum atomic E-state index is -4.47. The van der Waals surface area contributed by atoms with Gasteiger partial charge in [-0.25, -0.2) is 4.79 Å². The summed E-state index contributed by atoms with van der Waals surface area (Å²) in [5.74, 6) is 0.0762. The van der Waals surface area contributed by atoms with E-state index >= 15 is 0 Å². The van der Waals surface area contributed by atoms with Crippen molar-refractivity contribution >= 4 is 23.2 Å². The van der Waals surface area contributed by atoms with Crippen LogP contribution in [0.1, 0.15) is 53.4 Å². The molecule has 3 aromatic carbocycles. The van der Waals surface area contributed by atoms with E-state index in [0.29, 0.717) is 23.3 Å². The van der Waals surface area contributed by atoms with Crippen LogP contribution in [0.2, 0.25) is 0 Å². The molecular formula is C30H28F3NO5. The van der Waals surface area contributed by atoms with Crippen LogP contribution in [0, 0.1) is 0 Å². The number of carboxylic acid groups (broad SMARTS) is 1. The molecule has 0 saturated carbocycles. The Hall–Kier alpha value is -4.27. The molecule has 0 fully saturated rings. The number of unbranched alkanes of at least 4 members (excludes halogenated alkanes) is 1. The van der Waals surface area contributed by atoms with Gasteiger partial charge in [0.25, 0.3) is 0 Å². The number of hydrogen-bond acceptors (Lipinski definition) is 5. The zero-order chi connectivity index (χ0) is 27.8. The minimum absolute atomic E-state index is 0.00000460. The smallest absolute Gasteiger partial charge is 0.416 e. The summed E-state index contributed by atoms with van der Waals surface area (Å²) in [6, 6.07) is 16.5. The van der Waals surface area contributed by atoms with Crippen LogP contribution in [-0.4, -0.2) is 30.5 Å². The SMILES string of the molecule is CCCCc1oc2ccccc2c1/C=N/OCCCOc1ccc(C(=O)O)cc1-c1ccc(C(F)(F)F)cc1. The number of aromatic carboxylic acids is 1. The maximum absolute atomic E-state index is 13.0. The molecular weight excluding hydrogens is 511 g/mol. The average molecular weight is 540 g/mol. The van der Waals surface area contributed by atoms with Gasteiger partial charge < -0.3 is 19.1 Å². The number of fused-ring (bicyclic) bond motifs is 1. The number of aryl methyl sites for hydroxylation is 1. The first-order valence-corrected chi connectivity index (χ1v) is 12.6. The van der Waals surface area contributed by atoms with Crippen LogP contribution in [0.5, 0.6) is 5.75 Å². The highest BCUT2D eigenvalue weighted by atomic mass is 19.4. The van der Waals surface area contributed by atoms with Gasteiger partial charge in [0.1, 0.15) is 23.7 Å². The molecule has 0 aliphatic heterocycles. The summed E-state index contributed by atoms with van der Waals surface area (Å²) >= 11 is 0. The molecule has 4 aromatic rings. The highest BCUT2D eigenvalue weighted by Gasteiger charge is 2.30. The van der Waals surface area contributed by atoms with Crippen molar-refractivity contribution in [2.75, 3.05) is 13.2 Å². The van der Waals surface area contributed by atoms with Gasteiger partial charge in [-0.3, -0.25) is 0 Å². The second-order valence-electron chi connectivity index (χ2n) is 8.90. The molecule has 9 heteroatoms. The van der Waals surface area contributed by atoms with E-state index in [9.17, 15) is 23.1 Å². The van der Waals surface area contributed by atoms with Crippen LogP contribution in [-0.2, 0) is 17.4 Å². The molecule has 4 rings (SSSR count). The molecule has 0 radical (unpaired) electrons. The maximum atomic E-state index is 13.0. The Bertz CT molecular complexity index is 1440. The van der Waals surface area contributed by atoms with Gasteiger partial charge in [0.2, 0.25) is 0 Å². The quantitative estimate of drug-likeness (QED) is 0.112. The lowest BCUT2D eigenvalue weighted by atomic mass is 10.0. The van der Waals surface area contributed by atoms with Crippen LogP contribution < -0.4 is 4.74 Å². The molecule has 39 heavy (non-hydrogen) atoms. The Morgan fingerprint density at radius 3 is 2.51 bits per heavy atom. The fraction of sp³-hybridized carbons (Fsp3) is 0.267. The molecule has 0 bridgehead atoms. The van der Waals surface area contributed by atoms with Crippen LogP contribution >= 0.6 is 0 Å². The lowest BCUT2D eigenvalue weighted by Crippen LogP contribution is -2.05. The lowest BCUT2D eigenvalue weighted by Gasteiger charge is -2.13. The van der Waals surface area contributed by atoms with Gasteiger partial charge in [-0.2, -0.15) is 13.2 Å². The summed E-state index contributed by atoms with van der Waals surface area (Å²) < 4.78 is 50.7. The normalized spacial score (nSPS) is 11.8. The molecule has 0 saturated heterocycles. The minimum Gasteiger partial charge on any atom is -0.493 e. The first-order valence-electron chi connectivity index (χ1n) is 12.6. The summed E-state index contributed by atoms with van der Waals surface area (Å²) in [5.41, 5.74) is 1.70. The number of oxime groups is 1. The second-order valence-corrected chi connectivity index (χ2v) is 8.90. The van der Waals surface area contributed by atoms with E-state index in [0.717, 1.165) is 53.7 Å². The summed E-state index contributed by atoms with van der Waals surface area (Å²) in [4.78, 5) is 16.9. The van der Waals surface area contributed by atoms with E-state index in [2.05, 4.69) is 12.1 Å². The molecule has 0 spiro atoms. The fourth-order valence-electron chi connectivity index (χ4n) is 4.08. The zero-order valence-electron chi connectivity index (χ0n) is 21.3. The van der Waals surface area contributed by atoms with Crippen molar-refractivity contribution in [3.63, 3.8) is 0 Å². The second kappa shape index (κ2) is 12.5. The molecule has 0 amide bonds. The topological polar surface area (TPSA) is 81.3 Å². The van der Waals surface area contributed by atoms with E-state index in [1.54, 1.807) is 6.21 Å². The Labute approximate surface area is 223 Å². The van der Waals surface area contributed by atoms with Crippen molar-refractivity contribution in [1.82, 2.24) is 0 Å². The first-order chi connectivity index (χ1) is 18.8. The first kappa shape index (κ1) is 27.8. The van der Waals surface area contributed by atoms with Crippen molar-refractivity contribution in [2.45, 2.75) is 38.8 Å². The largest absolute Gasteiger partial charge is 0.493 e. The molecule has 204 valence electrons. The monoisotopic (exact) mass is 539 g/mol. The molecule has 0 aliphatic rings. The van der Waals surface area contributed by atoms with Crippen molar-refractivity contribution in [3.05, 3.63) is 89.2 Å². The number of benzene rings is 3. The van der Waals surface area contributed by atoms with Gasteiger partial charge in [0, 0.05) is 29.4 Å². The number of halogens is 3. The highest BCUT2D eigenvalue weighted by Crippen LogP contribution is 2.35. The van der Waals surface area contributed by atoms with E-state index in [-0.39, 0.29) is 18.8 Å². The zero-order valence-corrected chi connectivity index (χ0v) is 21.3. The van der Waals surface area contributed by atoms with Gasteiger partial charge in [-0.05, 0) is 48.4 Å². The van der Waals surface area contributed by atoms with Crippen molar-refractivity contribution in [2.24, 2.45) is 5.16 Å². The summed E-state index contributed by atoms with van der Waals surface area (Å²) in [6.07, 6.45) is 0.516. The maximum Gasteiger partial charge on any atom is 0.416 e. The van der Waals surface area contributed by atoms with Gasteiger partial charge in [-0.1, -0.05) is 48.8 Å². The third kappa shape index (κ3) is 6.98. The van der Waals surface area contributed by atoms with Gasteiger partial charge >= 0.3 is 12.1 Å². The third-order valence-corrected chi connectivity index (χ3v) is 6.11. The van der Waals surface area contributed by atoms with Gasteiger partial charge in [0.15, 0.2) is 0 Å². The van der Waals surface area contributed by atoms with Crippen LogP contribution in [0.4, 0.5) is 13.2 Å². The number of furan rings is 1. The van der Waals surface area contributed by atoms with Crippen molar-refractivity contribution in [3.8, 4) is 16.9 Å². The predicted octanol–water partition coefficient (Wildman–Crippen LogP) is 7.98. The Kier molecular flexibility index (Phi) is 8.91. The number of hydrogen-bond donors (Lipinski definition) is 1. The summed E-state index contributed by atoms with van der Waals surface area (Å²) in [6.45, 7) is 2.61. The summed E-state index contributed by atoms with van der Waals surface area (Å²) in [5, 5.41) is 14.4. The van der Waals surface area contributed by atoms with Crippen LogP contribution in [0.15, 0.2) is 76.3 Å². The number of ether oxygens (including phenoxy) is 1. The molecule has 0 aliphatic carbocycles. The third-order valence-electron chi connectivity index (χ3n) is 6.11. The van der Waals surface area contributed by atoms with E-state index in [1.807, 2.05) is 24.3 Å². The molecule has 0 atom stereocenters. The summed E-state index contributed by atoms with van der Waals surface area (Å²) in [7, 11) is 0. The fourth-order valence-corrected chi connectivity index (χ4v) is 4.08. The van der Waals surface area contributed by atoms with Crippen LogP contribution in [0.25, 0.3) is 22.1 Å². The number of rotatable bonds is 12. The molecule has 1 N–H and O–H groups in total. The van der Waals surface area contributed by atoms with Crippen LogP contribution in [0.3, 0.4) is 0 Å². The van der Waals surface area contributed by atoms with E-state index < -0.39 is 17.7 Å². The highest BCUT2D eigenvalue weighted by molar-refractivity contribution is 5.99. The number of alkyl halides is 3. The molecule has 1 aromatic heterocycles.